The normalized spacial score (nSPS) is 14.1. The van der Waals surface area contributed by atoms with E-state index >= 15 is 0 Å². The van der Waals surface area contributed by atoms with E-state index in [2.05, 4.69) is 15.2 Å². The van der Waals surface area contributed by atoms with Crippen LogP contribution in [0.15, 0.2) is 59.6 Å². The van der Waals surface area contributed by atoms with Crippen molar-refractivity contribution in [3.8, 4) is 11.0 Å². The predicted molar refractivity (Wildman–Crippen MR) is 125 cm³/mol. The minimum Gasteiger partial charge on any atom is -0.493 e. The third kappa shape index (κ3) is 3.56. The Morgan fingerprint density at radius 1 is 1.06 bits per heavy atom. The average molecular weight is 448 g/mol. The highest BCUT2D eigenvalue weighted by molar-refractivity contribution is 7.13. The summed E-state index contributed by atoms with van der Waals surface area (Å²) in [5.74, 6) is 1.12. The first kappa shape index (κ1) is 19.7. The number of aryl methyl sites for hydroxylation is 2. The molecule has 2 aromatic carbocycles. The van der Waals surface area contributed by atoms with Gasteiger partial charge in [0, 0.05) is 29.0 Å². The molecule has 3 heterocycles. The number of alkyl halides is 1. The van der Waals surface area contributed by atoms with Crippen LogP contribution >= 0.6 is 22.9 Å². The summed E-state index contributed by atoms with van der Waals surface area (Å²) in [5, 5.41) is 20.7. The summed E-state index contributed by atoms with van der Waals surface area (Å²) in [5.41, 5.74) is 5.15. The maximum absolute atomic E-state index is 11.0. The number of para-hydroxylation sites is 1. The molecule has 0 fully saturated rings. The number of fused-ring (bicyclic) bond motifs is 1. The quantitative estimate of drug-likeness (QED) is 0.427. The fourth-order valence-electron chi connectivity index (χ4n) is 3.59. The Morgan fingerprint density at radius 3 is 2.65 bits per heavy atom. The molecule has 5 rings (SSSR count). The monoisotopic (exact) mass is 447 g/mol. The van der Waals surface area contributed by atoms with Gasteiger partial charge in [-0.1, -0.05) is 59.9 Å². The largest absolute Gasteiger partial charge is 0.493 e. The molecule has 31 heavy (non-hydrogen) atoms. The summed E-state index contributed by atoms with van der Waals surface area (Å²) in [6.07, 6.45) is 2.52. The predicted octanol–water partition coefficient (Wildman–Crippen LogP) is 5.19. The van der Waals surface area contributed by atoms with Crippen LogP contribution in [0, 0.1) is 6.92 Å². The minimum absolute atomic E-state index is 0.0235. The van der Waals surface area contributed by atoms with Gasteiger partial charge >= 0.3 is 0 Å². The highest BCUT2D eigenvalue weighted by atomic mass is 35.5. The fourth-order valence-corrected chi connectivity index (χ4v) is 4.77. The lowest BCUT2D eigenvalue weighted by Gasteiger charge is -2.05. The van der Waals surface area contributed by atoms with E-state index in [1.54, 1.807) is 4.57 Å². The Labute approximate surface area is 188 Å². The molecule has 0 unspecified atom stereocenters. The average Bonchev–Trinajstić information content (AvgIpc) is 3.46. The van der Waals surface area contributed by atoms with Crippen molar-refractivity contribution in [2.45, 2.75) is 13.3 Å². The number of rotatable bonds is 5. The zero-order valence-electron chi connectivity index (χ0n) is 16.7. The van der Waals surface area contributed by atoms with Crippen molar-refractivity contribution >= 4 is 46.0 Å². The second kappa shape index (κ2) is 8.09. The number of hydrogen-bond acceptors (Lipinski definition) is 6. The van der Waals surface area contributed by atoms with Gasteiger partial charge in [-0.15, -0.1) is 21.8 Å². The molecule has 2 aromatic heterocycles. The number of halogens is 1. The first-order valence-corrected chi connectivity index (χ1v) is 11.1. The molecule has 0 aliphatic carbocycles. The highest BCUT2D eigenvalue weighted by Gasteiger charge is 2.24. The number of allylic oxidation sites excluding steroid dienone is 1. The summed E-state index contributed by atoms with van der Waals surface area (Å²) in [6, 6.07) is 18.0. The molecule has 0 radical (unpaired) electrons. The van der Waals surface area contributed by atoms with Gasteiger partial charge in [0.25, 0.3) is 0 Å². The van der Waals surface area contributed by atoms with E-state index in [0.717, 1.165) is 33.1 Å². The summed E-state index contributed by atoms with van der Waals surface area (Å²) in [6.45, 7) is 1.83. The second-order valence-corrected chi connectivity index (χ2v) is 8.44. The SMILES string of the molecule is Cc1nc(/C=C2/C(c3ccccc3)=Nc3ccccc32)c(O)n1-c1nnc(CCCl)s1. The summed E-state index contributed by atoms with van der Waals surface area (Å²) >= 11 is 7.20. The number of aromatic hydroxyl groups is 1. The zero-order valence-corrected chi connectivity index (χ0v) is 18.2. The summed E-state index contributed by atoms with van der Waals surface area (Å²) in [4.78, 5) is 9.44. The van der Waals surface area contributed by atoms with Gasteiger partial charge in [0.2, 0.25) is 11.0 Å². The van der Waals surface area contributed by atoms with Gasteiger partial charge in [-0.05, 0) is 19.1 Å². The molecular weight excluding hydrogens is 430 g/mol. The van der Waals surface area contributed by atoms with Gasteiger partial charge < -0.3 is 5.11 Å². The van der Waals surface area contributed by atoms with Crippen LogP contribution in [-0.2, 0) is 6.42 Å². The molecular formula is C23H18ClN5OS. The van der Waals surface area contributed by atoms with E-state index in [1.165, 1.54) is 11.3 Å². The van der Waals surface area contributed by atoms with Crippen molar-refractivity contribution in [3.05, 3.63) is 82.3 Å². The second-order valence-electron chi connectivity index (χ2n) is 7.02. The van der Waals surface area contributed by atoms with E-state index in [1.807, 2.05) is 67.6 Å². The lowest BCUT2D eigenvalue weighted by Crippen LogP contribution is -1.99. The number of hydrogen-bond donors (Lipinski definition) is 1. The maximum atomic E-state index is 11.0. The molecule has 154 valence electrons. The van der Waals surface area contributed by atoms with Crippen molar-refractivity contribution < 1.29 is 5.11 Å². The molecule has 0 saturated heterocycles. The highest BCUT2D eigenvalue weighted by Crippen LogP contribution is 2.39. The third-order valence-electron chi connectivity index (χ3n) is 5.01. The molecule has 0 saturated carbocycles. The summed E-state index contributed by atoms with van der Waals surface area (Å²) in [7, 11) is 0. The van der Waals surface area contributed by atoms with Gasteiger partial charge in [-0.25, -0.2) is 14.5 Å². The molecule has 0 amide bonds. The summed E-state index contributed by atoms with van der Waals surface area (Å²) < 4.78 is 1.61. The maximum Gasteiger partial charge on any atom is 0.225 e. The van der Waals surface area contributed by atoms with Gasteiger partial charge in [0.05, 0.1) is 11.4 Å². The van der Waals surface area contributed by atoms with E-state index in [-0.39, 0.29) is 5.88 Å². The Balaban J connectivity index is 1.61. The molecule has 1 aliphatic rings. The van der Waals surface area contributed by atoms with Gasteiger partial charge in [-0.3, -0.25) is 0 Å². The topological polar surface area (TPSA) is 76.2 Å². The van der Waals surface area contributed by atoms with Crippen molar-refractivity contribution in [3.63, 3.8) is 0 Å². The number of benzene rings is 2. The van der Waals surface area contributed by atoms with E-state index in [9.17, 15) is 5.11 Å². The molecule has 8 heteroatoms. The number of aromatic nitrogens is 4. The van der Waals surface area contributed by atoms with Gasteiger partial charge in [0.1, 0.15) is 16.5 Å². The first-order chi connectivity index (χ1) is 15.2. The molecule has 0 spiro atoms. The van der Waals surface area contributed by atoms with Crippen LogP contribution in [0.5, 0.6) is 5.88 Å². The van der Waals surface area contributed by atoms with Crippen molar-refractivity contribution in [2.24, 2.45) is 4.99 Å². The van der Waals surface area contributed by atoms with Gasteiger partial charge in [-0.2, -0.15) is 0 Å². The molecule has 0 atom stereocenters. The first-order valence-electron chi connectivity index (χ1n) is 9.78. The van der Waals surface area contributed by atoms with Crippen molar-refractivity contribution in [1.82, 2.24) is 19.7 Å². The van der Waals surface area contributed by atoms with Crippen molar-refractivity contribution in [2.75, 3.05) is 5.88 Å². The Kier molecular flexibility index (Phi) is 5.13. The fraction of sp³-hybridized carbons (Fsp3) is 0.130. The zero-order chi connectivity index (χ0) is 21.4. The number of aliphatic imine (C=N–C) groups is 1. The van der Waals surface area contributed by atoms with Crippen LogP contribution in [0.4, 0.5) is 5.69 Å². The number of imidazole rings is 1. The Hall–Kier alpha value is -3.29. The lowest BCUT2D eigenvalue weighted by atomic mass is 9.97. The third-order valence-corrected chi connectivity index (χ3v) is 6.17. The molecule has 4 aromatic rings. The molecule has 6 nitrogen and oxygen atoms in total. The van der Waals surface area contributed by atoms with Crippen molar-refractivity contribution in [1.29, 1.82) is 0 Å². The van der Waals surface area contributed by atoms with Gasteiger partial charge in [0.15, 0.2) is 0 Å². The smallest absolute Gasteiger partial charge is 0.225 e. The van der Waals surface area contributed by atoms with E-state index in [0.29, 0.717) is 29.0 Å². The van der Waals surface area contributed by atoms with Crippen LogP contribution in [0.3, 0.4) is 0 Å². The van der Waals surface area contributed by atoms with Crippen LogP contribution in [0.1, 0.15) is 27.7 Å². The van der Waals surface area contributed by atoms with Crippen LogP contribution in [-0.4, -0.2) is 36.4 Å². The van der Waals surface area contributed by atoms with Crippen LogP contribution in [0.25, 0.3) is 16.8 Å². The van der Waals surface area contributed by atoms with Crippen LogP contribution < -0.4 is 0 Å². The minimum atomic E-state index is 0.0235. The van der Waals surface area contributed by atoms with Crippen LogP contribution in [0.2, 0.25) is 0 Å². The Bertz CT molecular complexity index is 1320. The molecule has 1 aliphatic heterocycles. The van der Waals surface area contributed by atoms with E-state index in [4.69, 9.17) is 16.6 Å². The number of nitrogens with zero attached hydrogens (tertiary/aromatic N) is 5. The molecule has 0 bridgehead atoms. The standard InChI is InChI=1S/C23H18ClN5OS/c1-14-25-19(22(30)29(14)23-28-27-20(31-23)11-12-24)13-17-16-9-5-6-10-18(16)26-21(17)15-7-3-2-4-8-15/h2-10,13,30H,11-12H2,1H3/b17-13+. The van der Waals surface area contributed by atoms with E-state index < -0.39 is 0 Å². The molecule has 1 N–H and O–H groups in total. The lowest BCUT2D eigenvalue weighted by molar-refractivity contribution is 0.439. The Morgan fingerprint density at radius 2 is 1.84 bits per heavy atom.